The zero-order valence-electron chi connectivity index (χ0n) is 9.23. The third kappa shape index (κ3) is 2.59. The van der Waals surface area contributed by atoms with E-state index in [1.54, 1.807) is 20.8 Å². The first-order valence-corrected chi connectivity index (χ1v) is 4.73. The Morgan fingerprint density at radius 3 is 1.00 bits per heavy atom. The van der Waals surface area contributed by atoms with Gasteiger partial charge in [-0.05, 0) is 55.7 Å². The standard InChI is InChI=1S/C12H15N3/c1-7(13)10-4-11(8(2)14)6-12(5-10)9(3)15/h4-6,13-15H,1-3H3. The van der Waals surface area contributed by atoms with Crippen LogP contribution in [0.15, 0.2) is 18.2 Å². The highest BCUT2D eigenvalue weighted by Crippen LogP contribution is 2.12. The van der Waals surface area contributed by atoms with Crippen LogP contribution in [0.25, 0.3) is 0 Å². The van der Waals surface area contributed by atoms with Gasteiger partial charge in [0.1, 0.15) is 0 Å². The van der Waals surface area contributed by atoms with Crippen molar-refractivity contribution in [2.45, 2.75) is 20.8 Å². The zero-order chi connectivity index (χ0) is 11.6. The summed E-state index contributed by atoms with van der Waals surface area (Å²) in [5.41, 5.74) is 3.71. The van der Waals surface area contributed by atoms with Gasteiger partial charge in [-0.1, -0.05) is 0 Å². The Kier molecular flexibility index (Phi) is 3.14. The van der Waals surface area contributed by atoms with E-state index in [9.17, 15) is 0 Å². The molecule has 0 bridgehead atoms. The summed E-state index contributed by atoms with van der Waals surface area (Å²) in [5, 5.41) is 22.7. The molecular weight excluding hydrogens is 186 g/mol. The Morgan fingerprint density at radius 2 is 0.867 bits per heavy atom. The molecule has 78 valence electrons. The third-order valence-corrected chi connectivity index (χ3v) is 2.23. The fraction of sp³-hybridized carbons (Fsp3) is 0.250. The molecule has 3 heteroatoms. The number of benzene rings is 1. The van der Waals surface area contributed by atoms with Crippen LogP contribution in [-0.2, 0) is 0 Å². The number of nitrogens with one attached hydrogen (secondary N) is 3. The average molecular weight is 201 g/mol. The summed E-state index contributed by atoms with van der Waals surface area (Å²) < 4.78 is 0. The summed E-state index contributed by atoms with van der Waals surface area (Å²) in [7, 11) is 0. The van der Waals surface area contributed by atoms with Gasteiger partial charge in [-0.15, -0.1) is 0 Å². The maximum absolute atomic E-state index is 7.57. The Balaban J connectivity index is 3.39. The van der Waals surface area contributed by atoms with Crippen LogP contribution < -0.4 is 0 Å². The molecule has 0 aliphatic rings. The molecule has 0 unspecified atom stereocenters. The second-order valence-electron chi connectivity index (χ2n) is 3.67. The predicted octanol–water partition coefficient (Wildman–Crippen LogP) is 2.85. The maximum Gasteiger partial charge on any atom is 0.0355 e. The number of hydrogen-bond acceptors (Lipinski definition) is 3. The molecule has 0 aromatic heterocycles. The largest absolute Gasteiger partial charge is 0.305 e. The number of rotatable bonds is 3. The molecule has 0 radical (unpaired) electrons. The molecule has 15 heavy (non-hydrogen) atoms. The van der Waals surface area contributed by atoms with Crippen LogP contribution in [0, 0.1) is 16.2 Å². The van der Waals surface area contributed by atoms with Crippen molar-refractivity contribution in [3.05, 3.63) is 34.9 Å². The molecule has 0 aliphatic carbocycles. The van der Waals surface area contributed by atoms with E-state index >= 15 is 0 Å². The molecule has 0 amide bonds. The first-order valence-electron chi connectivity index (χ1n) is 4.73. The Bertz CT molecular complexity index is 365. The van der Waals surface area contributed by atoms with Gasteiger partial charge in [0.05, 0.1) is 0 Å². The lowest BCUT2D eigenvalue weighted by Crippen LogP contribution is -2.03. The first kappa shape index (κ1) is 11.3. The van der Waals surface area contributed by atoms with Crippen LogP contribution in [0.4, 0.5) is 0 Å². The Labute approximate surface area is 89.7 Å². The summed E-state index contributed by atoms with van der Waals surface area (Å²) in [6.07, 6.45) is 0. The molecule has 3 N–H and O–H groups in total. The SMILES string of the molecule is CC(=N)c1cc(C(C)=N)cc(C(C)=N)c1. The van der Waals surface area contributed by atoms with Gasteiger partial charge in [-0.2, -0.15) is 0 Å². The molecule has 0 spiro atoms. The van der Waals surface area contributed by atoms with Gasteiger partial charge in [0.2, 0.25) is 0 Å². The monoisotopic (exact) mass is 201 g/mol. The summed E-state index contributed by atoms with van der Waals surface area (Å²) in [4.78, 5) is 0. The van der Waals surface area contributed by atoms with Crippen LogP contribution in [-0.4, -0.2) is 17.1 Å². The minimum atomic E-state index is 0.459. The highest BCUT2D eigenvalue weighted by molar-refractivity contribution is 6.06. The van der Waals surface area contributed by atoms with Crippen LogP contribution >= 0.6 is 0 Å². The van der Waals surface area contributed by atoms with E-state index in [2.05, 4.69) is 0 Å². The van der Waals surface area contributed by atoms with Crippen LogP contribution in [0.1, 0.15) is 37.5 Å². The molecular formula is C12H15N3. The van der Waals surface area contributed by atoms with E-state index in [0.717, 1.165) is 16.7 Å². The average Bonchev–Trinajstić information content (AvgIpc) is 2.16. The number of hydrogen-bond donors (Lipinski definition) is 3. The second kappa shape index (κ2) is 4.17. The van der Waals surface area contributed by atoms with E-state index < -0.39 is 0 Å². The molecule has 1 aromatic rings. The van der Waals surface area contributed by atoms with Gasteiger partial charge in [-0.3, -0.25) is 0 Å². The normalized spacial score (nSPS) is 9.80. The van der Waals surface area contributed by atoms with Gasteiger partial charge >= 0.3 is 0 Å². The highest BCUT2D eigenvalue weighted by atomic mass is 14.4. The van der Waals surface area contributed by atoms with Crippen molar-refractivity contribution in [2.24, 2.45) is 0 Å². The van der Waals surface area contributed by atoms with E-state index in [4.69, 9.17) is 16.2 Å². The smallest absolute Gasteiger partial charge is 0.0355 e. The molecule has 3 nitrogen and oxygen atoms in total. The van der Waals surface area contributed by atoms with Gasteiger partial charge in [0, 0.05) is 17.1 Å². The van der Waals surface area contributed by atoms with Crippen molar-refractivity contribution in [1.29, 1.82) is 16.2 Å². The zero-order valence-corrected chi connectivity index (χ0v) is 9.23. The van der Waals surface area contributed by atoms with Crippen molar-refractivity contribution in [3.8, 4) is 0 Å². The molecule has 0 atom stereocenters. The van der Waals surface area contributed by atoms with Gasteiger partial charge < -0.3 is 16.2 Å². The van der Waals surface area contributed by atoms with E-state index in [1.165, 1.54) is 0 Å². The molecule has 1 aromatic carbocycles. The van der Waals surface area contributed by atoms with Crippen LogP contribution in [0.3, 0.4) is 0 Å². The molecule has 0 fully saturated rings. The van der Waals surface area contributed by atoms with E-state index in [1.807, 2.05) is 18.2 Å². The lowest BCUT2D eigenvalue weighted by molar-refractivity contribution is 1.40. The van der Waals surface area contributed by atoms with Crippen LogP contribution in [0.2, 0.25) is 0 Å². The van der Waals surface area contributed by atoms with Crippen molar-refractivity contribution >= 4 is 17.1 Å². The van der Waals surface area contributed by atoms with Crippen molar-refractivity contribution < 1.29 is 0 Å². The maximum atomic E-state index is 7.57. The van der Waals surface area contributed by atoms with Crippen molar-refractivity contribution in [3.63, 3.8) is 0 Å². The van der Waals surface area contributed by atoms with Crippen molar-refractivity contribution in [2.75, 3.05) is 0 Å². The molecule has 0 saturated carbocycles. The van der Waals surface area contributed by atoms with Gasteiger partial charge in [-0.25, -0.2) is 0 Å². The van der Waals surface area contributed by atoms with Gasteiger partial charge in [0.15, 0.2) is 0 Å². The van der Waals surface area contributed by atoms with Crippen LogP contribution in [0.5, 0.6) is 0 Å². The lowest BCUT2D eigenvalue weighted by Gasteiger charge is -2.07. The molecule has 0 aliphatic heterocycles. The van der Waals surface area contributed by atoms with E-state index in [0.29, 0.717) is 17.1 Å². The first-order chi connectivity index (χ1) is 6.91. The fourth-order valence-corrected chi connectivity index (χ4v) is 1.28. The fourth-order valence-electron chi connectivity index (χ4n) is 1.28. The van der Waals surface area contributed by atoms with E-state index in [-0.39, 0.29) is 0 Å². The minimum Gasteiger partial charge on any atom is -0.305 e. The third-order valence-electron chi connectivity index (χ3n) is 2.23. The summed E-state index contributed by atoms with van der Waals surface area (Å²) in [6.45, 7) is 5.13. The topological polar surface area (TPSA) is 71.6 Å². The summed E-state index contributed by atoms with van der Waals surface area (Å²) >= 11 is 0. The lowest BCUT2D eigenvalue weighted by atomic mass is 9.99. The highest BCUT2D eigenvalue weighted by Gasteiger charge is 2.05. The predicted molar refractivity (Wildman–Crippen MR) is 64.0 cm³/mol. The summed E-state index contributed by atoms with van der Waals surface area (Å²) in [5.74, 6) is 0. The summed E-state index contributed by atoms with van der Waals surface area (Å²) in [6, 6.07) is 5.45. The quantitative estimate of drug-likeness (QED) is 0.629. The second-order valence-corrected chi connectivity index (χ2v) is 3.67. The Morgan fingerprint density at radius 1 is 0.667 bits per heavy atom. The molecule has 1 rings (SSSR count). The Hall–Kier alpha value is -1.77. The minimum absolute atomic E-state index is 0.459. The molecule has 0 saturated heterocycles. The van der Waals surface area contributed by atoms with Crippen molar-refractivity contribution in [1.82, 2.24) is 0 Å². The van der Waals surface area contributed by atoms with Gasteiger partial charge in [0.25, 0.3) is 0 Å². The molecule has 0 heterocycles.